The first-order valence-electron chi connectivity index (χ1n) is 8.48. The molecule has 0 radical (unpaired) electrons. The van der Waals surface area contributed by atoms with Crippen molar-refractivity contribution >= 4 is 24.0 Å². The van der Waals surface area contributed by atoms with Gasteiger partial charge in [0.05, 0.1) is 25.2 Å². The fourth-order valence-corrected chi connectivity index (χ4v) is 3.98. The van der Waals surface area contributed by atoms with Crippen LogP contribution in [0.15, 0.2) is 41.5 Å². The molecule has 4 atom stereocenters. The molecule has 0 aromatic heterocycles. The van der Waals surface area contributed by atoms with Crippen molar-refractivity contribution in [3.05, 3.63) is 42.0 Å². The van der Waals surface area contributed by atoms with E-state index in [0.717, 1.165) is 11.4 Å². The largest absolute Gasteiger partial charge is 0.482 e. The van der Waals surface area contributed by atoms with Crippen LogP contribution in [0.4, 0.5) is 0 Å². The van der Waals surface area contributed by atoms with E-state index in [1.165, 1.54) is 13.3 Å². The summed E-state index contributed by atoms with van der Waals surface area (Å²) in [5, 5.41) is 5.14. The van der Waals surface area contributed by atoms with Crippen molar-refractivity contribution < 1.29 is 23.9 Å². The number of benzene rings is 1. The van der Waals surface area contributed by atoms with Crippen LogP contribution in [0.2, 0.25) is 0 Å². The molecule has 1 aliphatic heterocycles. The van der Waals surface area contributed by atoms with E-state index in [1.807, 2.05) is 0 Å². The Morgan fingerprint density at radius 2 is 1.77 bits per heavy atom. The number of nitrogens with zero attached hydrogens (tertiary/aromatic N) is 2. The van der Waals surface area contributed by atoms with Crippen molar-refractivity contribution in [2.75, 3.05) is 13.7 Å². The van der Waals surface area contributed by atoms with Gasteiger partial charge < -0.3 is 9.47 Å². The zero-order valence-corrected chi connectivity index (χ0v) is 14.2. The predicted octanol–water partition coefficient (Wildman–Crippen LogP) is 1.38. The normalized spacial score (nSPS) is 28.9. The zero-order valence-electron chi connectivity index (χ0n) is 14.2. The van der Waals surface area contributed by atoms with Gasteiger partial charge in [0, 0.05) is 0 Å². The van der Waals surface area contributed by atoms with Gasteiger partial charge in [-0.25, -0.2) is 4.79 Å². The maximum Gasteiger partial charge on any atom is 0.343 e. The molecule has 0 spiro atoms. The molecular formula is C19H18N2O5. The Morgan fingerprint density at radius 3 is 2.35 bits per heavy atom. The van der Waals surface area contributed by atoms with Gasteiger partial charge in [0.15, 0.2) is 6.61 Å². The standard InChI is InChI=1S/C19H18N2O5/c1-25-15(22)10-26-14-6-2-11(3-7-14)9-20-21-18(23)16-12-4-5-13(8-12)17(16)19(21)24/h2-7,9,12-13,16-17H,8,10H2,1H3. The molecule has 3 aliphatic rings. The number of carbonyl (C=O) groups is 3. The first-order valence-corrected chi connectivity index (χ1v) is 8.48. The number of amides is 2. The molecule has 4 unspecified atom stereocenters. The van der Waals surface area contributed by atoms with Gasteiger partial charge in [0.1, 0.15) is 5.75 Å². The third-order valence-electron chi connectivity index (χ3n) is 5.23. The van der Waals surface area contributed by atoms with Crippen LogP contribution in [-0.2, 0) is 19.1 Å². The summed E-state index contributed by atoms with van der Waals surface area (Å²) in [7, 11) is 1.29. The number of methoxy groups -OCH3 is 1. The van der Waals surface area contributed by atoms with Gasteiger partial charge >= 0.3 is 5.97 Å². The van der Waals surface area contributed by atoms with Gasteiger partial charge in [-0.3, -0.25) is 9.59 Å². The van der Waals surface area contributed by atoms with Crippen LogP contribution in [-0.4, -0.2) is 42.7 Å². The average Bonchev–Trinajstić information content (AvgIpc) is 3.33. The highest BCUT2D eigenvalue weighted by Gasteiger charge is 2.59. The van der Waals surface area contributed by atoms with Gasteiger partial charge in [0.25, 0.3) is 11.8 Å². The fourth-order valence-electron chi connectivity index (χ4n) is 3.98. The van der Waals surface area contributed by atoms with Crippen molar-refractivity contribution in [2.24, 2.45) is 28.8 Å². The quantitative estimate of drug-likeness (QED) is 0.345. The van der Waals surface area contributed by atoms with Crippen molar-refractivity contribution in [2.45, 2.75) is 6.42 Å². The Hall–Kier alpha value is -2.96. The Bertz CT molecular complexity index is 784. The molecule has 2 bridgehead atoms. The summed E-state index contributed by atoms with van der Waals surface area (Å²) in [4.78, 5) is 36.1. The van der Waals surface area contributed by atoms with Crippen molar-refractivity contribution in [3.63, 3.8) is 0 Å². The third-order valence-corrected chi connectivity index (χ3v) is 5.23. The summed E-state index contributed by atoms with van der Waals surface area (Å²) in [5.41, 5.74) is 0.717. The first-order chi connectivity index (χ1) is 12.6. The minimum absolute atomic E-state index is 0.167. The second-order valence-electron chi connectivity index (χ2n) is 6.67. The number of hydrogen-bond donors (Lipinski definition) is 0. The van der Waals surface area contributed by atoms with E-state index in [1.54, 1.807) is 24.3 Å². The van der Waals surface area contributed by atoms with Crippen LogP contribution >= 0.6 is 0 Å². The molecule has 1 saturated carbocycles. The SMILES string of the molecule is COC(=O)COc1ccc(C=NN2C(=O)C3C4C=CC(C4)C3C2=O)cc1. The number of hydrogen-bond acceptors (Lipinski definition) is 6. The van der Waals surface area contributed by atoms with Crippen LogP contribution in [0, 0.1) is 23.7 Å². The van der Waals surface area contributed by atoms with Crippen molar-refractivity contribution in [3.8, 4) is 5.75 Å². The molecule has 7 heteroatoms. The van der Waals surface area contributed by atoms with Crippen molar-refractivity contribution in [1.29, 1.82) is 0 Å². The number of rotatable bonds is 5. The average molecular weight is 354 g/mol. The van der Waals surface area contributed by atoms with E-state index >= 15 is 0 Å². The monoisotopic (exact) mass is 354 g/mol. The molecule has 1 heterocycles. The van der Waals surface area contributed by atoms with Crippen molar-refractivity contribution in [1.82, 2.24) is 5.01 Å². The zero-order chi connectivity index (χ0) is 18.3. The minimum Gasteiger partial charge on any atom is -0.482 e. The molecular weight excluding hydrogens is 336 g/mol. The lowest BCUT2D eigenvalue weighted by Crippen LogP contribution is -2.28. The molecule has 2 fully saturated rings. The number of fused-ring (bicyclic) bond motifs is 5. The molecule has 2 aliphatic carbocycles. The Labute approximate surface area is 150 Å². The molecule has 134 valence electrons. The summed E-state index contributed by atoms with van der Waals surface area (Å²) < 4.78 is 9.77. The lowest BCUT2D eigenvalue weighted by molar-refractivity contribution is -0.143. The third kappa shape index (κ3) is 2.69. The van der Waals surface area contributed by atoms with Crippen LogP contribution in [0.25, 0.3) is 0 Å². The van der Waals surface area contributed by atoms with E-state index in [-0.39, 0.29) is 42.1 Å². The Morgan fingerprint density at radius 1 is 1.15 bits per heavy atom. The lowest BCUT2D eigenvalue weighted by Gasteiger charge is -2.13. The van der Waals surface area contributed by atoms with Gasteiger partial charge in [0.2, 0.25) is 0 Å². The molecule has 2 amide bonds. The first kappa shape index (κ1) is 16.5. The number of imide groups is 1. The number of ether oxygens (including phenoxy) is 2. The van der Waals surface area contributed by atoms with E-state index in [2.05, 4.69) is 22.0 Å². The van der Waals surface area contributed by atoms with E-state index in [9.17, 15) is 14.4 Å². The molecule has 26 heavy (non-hydrogen) atoms. The fraction of sp³-hybridized carbons (Fsp3) is 0.368. The predicted molar refractivity (Wildman–Crippen MR) is 91.1 cm³/mol. The molecule has 0 N–H and O–H groups in total. The number of esters is 1. The topological polar surface area (TPSA) is 85.3 Å². The smallest absolute Gasteiger partial charge is 0.343 e. The number of hydrazone groups is 1. The summed E-state index contributed by atoms with van der Waals surface area (Å²) in [6.07, 6.45) is 6.49. The highest BCUT2D eigenvalue weighted by Crippen LogP contribution is 2.52. The highest BCUT2D eigenvalue weighted by molar-refractivity contribution is 6.06. The molecule has 1 aromatic carbocycles. The number of allylic oxidation sites excluding steroid dienone is 2. The van der Waals surface area contributed by atoms with Crippen LogP contribution < -0.4 is 4.74 Å². The summed E-state index contributed by atoms with van der Waals surface area (Å²) >= 11 is 0. The van der Waals surface area contributed by atoms with Crippen LogP contribution in [0.3, 0.4) is 0 Å². The second-order valence-corrected chi connectivity index (χ2v) is 6.67. The lowest BCUT2D eigenvalue weighted by atomic mass is 9.85. The molecule has 4 rings (SSSR count). The van der Waals surface area contributed by atoms with Gasteiger partial charge in [-0.1, -0.05) is 12.2 Å². The van der Waals surface area contributed by atoms with E-state index in [0.29, 0.717) is 11.3 Å². The minimum atomic E-state index is -0.462. The van der Waals surface area contributed by atoms with Gasteiger partial charge in [-0.15, -0.1) is 0 Å². The Balaban J connectivity index is 1.41. The highest BCUT2D eigenvalue weighted by atomic mass is 16.6. The maximum absolute atomic E-state index is 12.5. The summed E-state index contributed by atoms with van der Waals surface area (Å²) in [6, 6.07) is 6.81. The van der Waals surface area contributed by atoms with E-state index < -0.39 is 5.97 Å². The summed E-state index contributed by atoms with van der Waals surface area (Å²) in [5.74, 6) is -0.501. The van der Waals surface area contributed by atoms with Crippen LogP contribution in [0.1, 0.15) is 12.0 Å². The second kappa shape index (κ2) is 6.40. The Kier molecular flexibility index (Phi) is 4.06. The van der Waals surface area contributed by atoms with Gasteiger partial charge in [-0.05, 0) is 48.1 Å². The molecule has 7 nitrogen and oxygen atoms in total. The molecule has 1 saturated heterocycles. The van der Waals surface area contributed by atoms with E-state index in [4.69, 9.17) is 4.74 Å². The van der Waals surface area contributed by atoms with Crippen LogP contribution in [0.5, 0.6) is 5.75 Å². The number of carbonyl (C=O) groups excluding carboxylic acids is 3. The maximum atomic E-state index is 12.5. The van der Waals surface area contributed by atoms with Gasteiger partial charge in [-0.2, -0.15) is 10.1 Å². The summed E-state index contributed by atoms with van der Waals surface area (Å²) in [6.45, 7) is -0.167. The molecule has 1 aromatic rings.